The van der Waals surface area contributed by atoms with Crippen molar-refractivity contribution in [3.05, 3.63) is 52.1 Å². The first-order valence-corrected chi connectivity index (χ1v) is 8.99. The number of nitrogens with zero attached hydrogens (tertiary/aromatic N) is 5. The lowest BCUT2D eigenvalue weighted by atomic mass is 9.99. The molecule has 4 heterocycles. The van der Waals surface area contributed by atoms with Gasteiger partial charge in [-0.05, 0) is 44.9 Å². The molecule has 132 valence electrons. The van der Waals surface area contributed by atoms with Crippen molar-refractivity contribution in [2.24, 2.45) is 0 Å². The summed E-state index contributed by atoms with van der Waals surface area (Å²) in [4.78, 5) is 17.4. The Morgan fingerprint density at radius 2 is 2.28 bits per heavy atom. The molecule has 3 aromatic heterocycles. The standard InChI is InChI=1S/C18H24N6O/c1-3-23-17(14-7-4-8-19-10-14)21-24(18(23)25)12-15-11-22-9-5-6-13(2)16(22)20-15/h5-6,9,11,14,19H,3-4,7-8,10,12H2,1-2H3. The van der Waals surface area contributed by atoms with Crippen LogP contribution in [0.1, 0.15) is 42.8 Å². The minimum atomic E-state index is -0.0446. The molecule has 0 saturated carbocycles. The fraction of sp³-hybridized carbons (Fsp3) is 0.500. The summed E-state index contributed by atoms with van der Waals surface area (Å²) in [6.07, 6.45) is 6.16. The van der Waals surface area contributed by atoms with Crippen LogP contribution in [0.4, 0.5) is 0 Å². The van der Waals surface area contributed by atoms with Crippen LogP contribution in [0.2, 0.25) is 0 Å². The summed E-state index contributed by atoms with van der Waals surface area (Å²) < 4.78 is 5.36. The van der Waals surface area contributed by atoms with Crippen molar-refractivity contribution in [3.63, 3.8) is 0 Å². The molecule has 1 atom stereocenters. The van der Waals surface area contributed by atoms with Crippen LogP contribution in [-0.4, -0.2) is 36.8 Å². The topological polar surface area (TPSA) is 69.2 Å². The van der Waals surface area contributed by atoms with E-state index >= 15 is 0 Å². The molecule has 0 radical (unpaired) electrons. The highest BCUT2D eigenvalue weighted by Crippen LogP contribution is 2.20. The highest BCUT2D eigenvalue weighted by molar-refractivity contribution is 5.47. The van der Waals surface area contributed by atoms with Crippen LogP contribution in [-0.2, 0) is 13.1 Å². The van der Waals surface area contributed by atoms with Crippen molar-refractivity contribution in [2.45, 2.75) is 45.7 Å². The summed E-state index contributed by atoms with van der Waals surface area (Å²) in [5.41, 5.74) is 2.86. The third kappa shape index (κ3) is 2.89. The van der Waals surface area contributed by atoms with Crippen LogP contribution in [0.3, 0.4) is 0 Å². The predicted octanol–water partition coefficient (Wildman–Crippen LogP) is 1.54. The van der Waals surface area contributed by atoms with E-state index in [2.05, 4.69) is 15.4 Å². The fourth-order valence-corrected chi connectivity index (χ4v) is 3.67. The van der Waals surface area contributed by atoms with Crippen LogP contribution in [0.25, 0.3) is 5.65 Å². The van der Waals surface area contributed by atoms with Gasteiger partial charge in [-0.15, -0.1) is 0 Å². The Bertz CT molecular complexity index is 944. The Morgan fingerprint density at radius 1 is 1.40 bits per heavy atom. The highest BCUT2D eigenvalue weighted by Gasteiger charge is 2.23. The van der Waals surface area contributed by atoms with Crippen molar-refractivity contribution in [1.29, 1.82) is 0 Å². The second-order valence-corrected chi connectivity index (χ2v) is 6.74. The molecule has 0 aromatic carbocycles. The molecule has 0 amide bonds. The second kappa shape index (κ2) is 6.48. The van der Waals surface area contributed by atoms with Gasteiger partial charge in [-0.2, -0.15) is 5.10 Å². The number of rotatable bonds is 4. The molecule has 25 heavy (non-hydrogen) atoms. The monoisotopic (exact) mass is 340 g/mol. The molecule has 4 rings (SSSR count). The molecule has 1 unspecified atom stereocenters. The van der Waals surface area contributed by atoms with E-state index in [0.717, 1.165) is 48.7 Å². The number of aromatic nitrogens is 5. The van der Waals surface area contributed by atoms with Crippen molar-refractivity contribution >= 4 is 5.65 Å². The van der Waals surface area contributed by atoms with Gasteiger partial charge in [0.05, 0.1) is 12.2 Å². The molecular formula is C18H24N6O. The smallest absolute Gasteiger partial charge is 0.316 e. The van der Waals surface area contributed by atoms with Crippen LogP contribution in [0.15, 0.2) is 29.3 Å². The Labute approximate surface area is 146 Å². The summed E-state index contributed by atoms with van der Waals surface area (Å²) in [7, 11) is 0. The van der Waals surface area contributed by atoms with Crippen molar-refractivity contribution in [2.75, 3.05) is 13.1 Å². The zero-order chi connectivity index (χ0) is 17.4. The van der Waals surface area contributed by atoms with E-state index < -0.39 is 0 Å². The minimum absolute atomic E-state index is 0.0446. The molecule has 1 aliphatic heterocycles. The Morgan fingerprint density at radius 3 is 3.00 bits per heavy atom. The first kappa shape index (κ1) is 16.1. The number of imidazole rings is 1. The van der Waals surface area contributed by atoms with E-state index in [1.807, 2.05) is 42.8 Å². The maximum Gasteiger partial charge on any atom is 0.346 e. The fourth-order valence-electron chi connectivity index (χ4n) is 3.67. The number of fused-ring (bicyclic) bond motifs is 1. The van der Waals surface area contributed by atoms with E-state index in [4.69, 9.17) is 0 Å². The van der Waals surface area contributed by atoms with E-state index in [1.165, 1.54) is 0 Å². The van der Waals surface area contributed by atoms with Gasteiger partial charge in [0.2, 0.25) is 0 Å². The molecule has 7 heteroatoms. The molecule has 0 aliphatic carbocycles. The second-order valence-electron chi connectivity index (χ2n) is 6.74. The summed E-state index contributed by atoms with van der Waals surface area (Å²) in [5, 5.41) is 8.08. The van der Waals surface area contributed by atoms with Crippen molar-refractivity contribution < 1.29 is 0 Å². The molecule has 0 spiro atoms. The van der Waals surface area contributed by atoms with Gasteiger partial charge in [-0.25, -0.2) is 14.5 Å². The van der Waals surface area contributed by atoms with Crippen molar-refractivity contribution in [1.82, 2.24) is 29.0 Å². The number of hydrogen-bond acceptors (Lipinski definition) is 4. The van der Waals surface area contributed by atoms with E-state index in [1.54, 1.807) is 9.25 Å². The molecule has 1 N–H and O–H groups in total. The van der Waals surface area contributed by atoms with Gasteiger partial charge >= 0.3 is 5.69 Å². The minimum Gasteiger partial charge on any atom is -0.316 e. The van der Waals surface area contributed by atoms with E-state index in [0.29, 0.717) is 19.0 Å². The first-order chi connectivity index (χ1) is 12.2. The molecule has 1 aliphatic rings. The SMILES string of the molecule is CCn1c(C2CCCNC2)nn(Cc2cn3cccc(C)c3n2)c1=O. The van der Waals surface area contributed by atoms with Crippen molar-refractivity contribution in [3.8, 4) is 0 Å². The summed E-state index contributed by atoms with van der Waals surface area (Å²) in [6.45, 7) is 7.03. The molecule has 1 saturated heterocycles. The number of aryl methyl sites for hydroxylation is 1. The maximum absolute atomic E-state index is 12.8. The lowest BCUT2D eigenvalue weighted by molar-refractivity contribution is 0.431. The predicted molar refractivity (Wildman–Crippen MR) is 96.0 cm³/mol. The molecule has 0 bridgehead atoms. The van der Waals surface area contributed by atoms with Gasteiger partial charge in [-0.3, -0.25) is 4.57 Å². The average Bonchev–Trinajstić information content (AvgIpc) is 3.18. The zero-order valence-electron chi connectivity index (χ0n) is 14.8. The third-order valence-corrected chi connectivity index (χ3v) is 4.97. The molecular weight excluding hydrogens is 316 g/mol. The van der Waals surface area contributed by atoms with Crippen LogP contribution < -0.4 is 11.0 Å². The lowest BCUT2D eigenvalue weighted by Gasteiger charge is -2.21. The maximum atomic E-state index is 12.8. The number of pyridine rings is 1. The van der Waals surface area contributed by atoms with Gasteiger partial charge in [0.15, 0.2) is 0 Å². The van der Waals surface area contributed by atoms with E-state index in [9.17, 15) is 4.79 Å². The zero-order valence-corrected chi connectivity index (χ0v) is 14.8. The normalized spacial score (nSPS) is 18.1. The molecule has 7 nitrogen and oxygen atoms in total. The number of hydrogen-bond donors (Lipinski definition) is 1. The van der Waals surface area contributed by atoms with Gasteiger partial charge in [-0.1, -0.05) is 6.07 Å². The van der Waals surface area contributed by atoms with Gasteiger partial charge in [0, 0.05) is 31.4 Å². The number of piperidine rings is 1. The van der Waals surface area contributed by atoms with Gasteiger partial charge in [0.1, 0.15) is 11.5 Å². The summed E-state index contributed by atoms with van der Waals surface area (Å²) in [5.74, 6) is 1.21. The van der Waals surface area contributed by atoms with Crippen LogP contribution in [0.5, 0.6) is 0 Å². The number of nitrogens with one attached hydrogen (secondary N) is 1. The Kier molecular flexibility index (Phi) is 4.17. The highest BCUT2D eigenvalue weighted by atomic mass is 16.2. The van der Waals surface area contributed by atoms with Crippen LogP contribution in [0, 0.1) is 6.92 Å². The molecule has 1 fully saturated rings. The Hall–Kier alpha value is -2.41. The third-order valence-electron chi connectivity index (χ3n) is 4.97. The largest absolute Gasteiger partial charge is 0.346 e. The van der Waals surface area contributed by atoms with Gasteiger partial charge in [0.25, 0.3) is 0 Å². The molecule has 3 aromatic rings. The van der Waals surface area contributed by atoms with Gasteiger partial charge < -0.3 is 9.72 Å². The average molecular weight is 340 g/mol. The quantitative estimate of drug-likeness (QED) is 0.782. The van der Waals surface area contributed by atoms with Crippen LogP contribution >= 0.6 is 0 Å². The summed E-state index contributed by atoms with van der Waals surface area (Å²) >= 11 is 0. The van der Waals surface area contributed by atoms with E-state index in [-0.39, 0.29) is 5.69 Å². The Balaban J connectivity index is 1.68. The summed E-state index contributed by atoms with van der Waals surface area (Å²) in [6, 6.07) is 4.04. The first-order valence-electron chi connectivity index (χ1n) is 8.99. The lowest BCUT2D eigenvalue weighted by Crippen LogP contribution is -2.31.